The second kappa shape index (κ2) is 7.45. The molecule has 0 bridgehead atoms. The summed E-state index contributed by atoms with van der Waals surface area (Å²) in [5.74, 6) is 0.0180. The van der Waals surface area contributed by atoms with Crippen LogP contribution in [0.5, 0.6) is 0 Å². The zero-order valence-electron chi connectivity index (χ0n) is 15.9. The number of carbonyl (C=O) groups is 2. The Balaban J connectivity index is 1.92. The van der Waals surface area contributed by atoms with Crippen molar-refractivity contribution in [3.05, 3.63) is 59.2 Å². The lowest BCUT2D eigenvalue weighted by Crippen LogP contribution is -2.16. The largest absolute Gasteiger partial charge is 0.464 e. The smallest absolute Gasteiger partial charge is 0.308 e. The molecule has 0 spiro atoms. The standard InChI is InChI=1S/C23H26O3/c1-14(2)23(25)26-13-22-19-8-6-5-7-18(19)21-12-17(9-10-20(21)22)11-15(3)16(4)24/h5-10,12,14-15,22H,11,13H2,1-4H3. The van der Waals surface area contributed by atoms with Crippen LogP contribution < -0.4 is 0 Å². The van der Waals surface area contributed by atoms with Crippen molar-refractivity contribution in [1.29, 1.82) is 0 Å². The molecule has 2 atom stereocenters. The van der Waals surface area contributed by atoms with Crippen molar-refractivity contribution in [2.75, 3.05) is 6.61 Å². The van der Waals surface area contributed by atoms with Crippen LogP contribution in [-0.4, -0.2) is 18.4 Å². The van der Waals surface area contributed by atoms with Gasteiger partial charge in [-0.2, -0.15) is 0 Å². The fraction of sp³-hybridized carbons (Fsp3) is 0.391. The summed E-state index contributed by atoms with van der Waals surface area (Å²) >= 11 is 0. The minimum absolute atomic E-state index is 0.0208. The molecule has 0 amide bonds. The van der Waals surface area contributed by atoms with Crippen LogP contribution in [0.15, 0.2) is 42.5 Å². The van der Waals surface area contributed by atoms with Crippen LogP contribution in [0.3, 0.4) is 0 Å². The van der Waals surface area contributed by atoms with Crippen molar-refractivity contribution in [3.63, 3.8) is 0 Å². The van der Waals surface area contributed by atoms with E-state index in [1.54, 1.807) is 6.92 Å². The lowest BCUT2D eigenvalue weighted by Gasteiger charge is -2.15. The highest BCUT2D eigenvalue weighted by molar-refractivity contribution is 5.81. The van der Waals surface area contributed by atoms with E-state index >= 15 is 0 Å². The number of ketones is 1. The Morgan fingerprint density at radius 3 is 2.38 bits per heavy atom. The monoisotopic (exact) mass is 350 g/mol. The molecule has 1 aliphatic rings. The molecule has 3 heteroatoms. The van der Waals surface area contributed by atoms with Crippen LogP contribution in [0.1, 0.15) is 50.3 Å². The van der Waals surface area contributed by atoms with E-state index in [4.69, 9.17) is 4.74 Å². The van der Waals surface area contributed by atoms with Gasteiger partial charge in [-0.3, -0.25) is 9.59 Å². The van der Waals surface area contributed by atoms with Gasteiger partial charge in [0.1, 0.15) is 12.4 Å². The molecule has 0 aliphatic heterocycles. The lowest BCUT2D eigenvalue weighted by molar-refractivity contribution is -0.147. The Hall–Kier alpha value is -2.42. The quantitative estimate of drug-likeness (QED) is 0.705. The van der Waals surface area contributed by atoms with Crippen molar-refractivity contribution in [1.82, 2.24) is 0 Å². The summed E-state index contributed by atoms with van der Waals surface area (Å²) in [6, 6.07) is 14.7. The number of esters is 1. The molecule has 0 fully saturated rings. The van der Waals surface area contributed by atoms with Gasteiger partial charge in [0.25, 0.3) is 0 Å². The summed E-state index contributed by atoms with van der Waals surface area (Å²) in [5.41, 5.74) is 5.96. The predicted octanol–water partition coefficient (Wildman–Crippen LogP) is 4.77. The number of rotatable bonds is 6. The zero-order valence-corrected chi connectivity index (χ0v) is 15.9. The van der Waals surface area contributed by atoms with Crippen molar-refractivity contribution in [3.8, 4) is 11.1 Å². The third kappa shape index (κ3) is 3.57. The van der Waals surface area contributed by atoms with Crippen molar-refractivity contribution >= 4 is 11.8 Å². The van der Waals surface area contributed by atoms with E-state index in [1.807, 2.05) is 32.9 Å². The Bertz CT molecular complexity index is 835. The summed E-state index contributed by atoms with van der Waals surface area (Å²) in [7, 11) is 0. The van der Waals surface area contributed by atoms with Crippen molar-refractivity contribution in [2.24, 2.45) is 11.8 Å². The highest BCUT2D eigenvalue weighted by Gasteiger charge is 2.30. The summed E-state index contributed by atoms with van der Waals surface area (Å²) in [5, 5.41) is 0. The minimum Gasteiger partial charge on any atom is -0.464 e. The van der Waals surface area contributed by atoms with Crippen LogP contribution in [0.2, 0.25) is 0 Å². The molecule has 0 aromatic heterocycles. The Kier molecular flexibility index (Phi) is 5.26. The van der Waals surface area contributed by atoms with Gasteiger partial charge in [0.2, 0.25) is 0 Å². The lowest BCUT2D eigenvalue weighted by atomic mass is 9.93. The Morgan fingerprint density at radius 2 is 1.69 bits per heavy atom. The van der Waals surface area contributed by atoms with E-state index in [0.29, 0.717) is 6.61 Å². The molecule has 0 N–H and O–H groups in total. The summed E-state index contributed by atoms with van der Waals surface area (Å²) < 4.78 is 5.54. The maximum atomic E-state index is 11.9. The van der Waals surface area contributed by atoms with Crippen LogP contribution in [0.25, 0.3) is 11.1 Å². The molecule has 0 radical (unpaired) electrons. The molecule has 3 rings (SSSR count). The third-order valence-corrected chi connectivity index (χ3v) is 5.22. The number of hydrogen-bond acceptors (Lipinski definition) is 3. The predicted molar refractivity (Wildman–Crippen MR) is 103 cm³/mol. The number of benzene rings is 2. The second-order valence-electron chi connectivity index (χ2n) is 7.56. The number of ether oxygens (including phenoxy) is 1. The molecular weight excluding hydrogens is 324 g/mol. The van der Waals surface area contributed by atoms with Crippen molar-refractivity contribution < 1.29 is 14.3 Å². The number of carbonyl (C=O) groups excluding carboxylic acids is 2. The number of fused-ring (bicyclic) bond motifs is 3. The van der Waals surface area contributed by atoms with Crippen LogP contribution in [0, 0.1) is 11.8 Å². The molecule has 1 aliphatic carbocycles. The summed E-state index contributed by atoms with van der Waals surface area (Å²) in [6.45, 7) is 7.68. The molecule has 136 valence electrons. The van der Waals surface area contributed by atoms with Gasteiger partial charge >= 0.3 is 5.97 Å². The molecule has 0 saturated carbocycles. The molecule has 2 aromatic carbocycles. The first kappa shape index (κ1) is 18.4. The van der Waals surface area contributed by atoms with Crippen molar-refractivity contribution in [2.45, 2.75) is 40.0 Å². The molecule has 2 aromatic rings. The van der Waals surface area contributed by atoms with Crippen LogP contribution in [-0.2, 0) is 20.7 Å². The Labute approximate surface area is 155 Å². The average Bonchev–Trinajstić information content (AvgIpc) is 2.92. The highest BCUT2D eigenvalue weighted by atomic mass is 16.5. The second-order valence-corrected chi connectivity index (χ2v) is 7.56. The number of hydrogen-bond donors (Lipinski definition) is 0. The zero-order chi connectivity index (χ0) is 18.8. The first-order chi connectivity index (χ1) is 12.4. The van der Waals surface area contributed by atoms with Gasteiger partial charge in [-0.05, 0) is 41.2 Å². The van der Waals surface area contributed by atoms with E-state index in [1.165, 1.54) is 27.8 Å². The molecule has 2 unspecified atom stereocenters. The van der Waals surface area contributed by atoms with Gasteiger partial charge in [-0.25, -0.2) is 0 Å². The highest BCUT2D eigenvalue weighted by Crippen LogP contribution is 2.45. The van der Waals surface area contributed by atoms with Gasteiger partial charge in [0, 0.05) is 11.8 Å². The first-order valence-corrected chi connectivity index (χ1v) is 9.27. The van der Waals surface area contributed by atoms with Gasteiger partial charge in [-0.1, -0.05) is 63.2 Å². The molecule has 3 nitrogen and oxygen atoms in total. The van der Waals surface area contributed by atoms with E-state index in [-0.39, 0.29) is 29.5 Å². The topological polar surface area (TPSA) is 43.4 Å². The average molecular weight is 350 g/mol. The van der Waals surface area contributed by atoms with Crippen LogP contribution in [0.4, 0.5) is 0 Å². The molecule has 26 heavy (non-hydrogen) atoms. The van der Waals surface area contributed by atoms with Gasteiger partial charge < -0.3 is 4.74 Å². The van der Waals surface area contributed by atoms with Gasteiger partial charge in [-0.15, -0.1) is 0 Å². The maximum absolute atomic E-state index is 11.9. The third-order valence-electron chi connectivity index (χ3n) is 5.22. The fourth-order valence-electron chi connectivity index (χ4n) is 3.49. The summed E-state index contributed by atoms with van der Waals surface area (Å²) in [4.78, 5) is 23.5. The normalized spacial score (nSPS) is 16.1. The molecule has 0 saturated heterocycles. The van der Waals surface area contributed by atoms with E-state index in [0.717, 1.165) is 6.42 Å². The molecular formula is C23H26O3. The van der Waals surface area contributed by atoms with E-state index in [9.17, 15) is 9.59 Å². The SMILES string of the molecule is CC(=O)C(C)Cc1ccc2c(c1)-c1ccccc1C2COC(=O)C(C)C. The first-order valence-electron chi connectivity index (χ1n) is 9.27. The minimum atomic E-state index is -0.164. The summed E-state index contributed by atoms with van der Waals surface area (Å²) in [6.07, 6.45) is 0.748. The Morgan fingerprint density at radius 1 is 1.00 bits per heavy atom. The van der Waals surface area contributed by atoms with E-state index in [2.05, 4.69) is 30.3 Å². The van der Waals surface area contributed by atoms with E-state index < -0.39 is 0 Å². The van der Waals surface area contributed by atoms with Crippen LogP contribution >= 0.6 is 0 Å². The van der Waals surface area contributed by atoms with Gasteiger partial charge in [0.05, 0.1) is 5.92 Å². The number of Topliss-reactive ketones (excluding diaryl/α,β-unsaturated/α-hetero) is 1. The fourth-order valence-corrected chi connectivity index (χ4v) is 3.49. The van der Waals surface area contributed by atoms with Gasteiger partial charge in [0.15, 0.2) is 0 Å². The maximum Gasteiger partial charge on any atom is 0.308 e. The molecule has 0 heterocycles.